The van der Waals surface area contributed by atoms with Crippen molar-refractivity contribution < 1.29 is 0 Å². The maximum atomic E-state index is 6.05. The molecule has 3 heteroatoms. The van der Waals surface area contributed by atoms with Crippen molar-refractivity contribution in [3.8, 4) is 0 Å². The second-order valence-corrected chi connectivity index (χ2v) is 5.72. The summed E-state index contributed by atoms with van der Waals surface area (Å²) >= 11 is 0. The maximum absolute atomic E-state index is 6.05. The topological polar surface area (TPSA) is 32.5 Å². The van der Waals surface area contributed by atoms with Crippen molar-refractivity contribution in [2.24, 2.45) is 5.73 Å². The molecule has 0 bridgehead atoms. The molecule has 19 heavy (non-hydrogen) atoms. The van der Waals surface area contributed by atoms with Crippen LogP contribution in [0.1, 0.15) is 38.8 Å². The van der Waals surface area contributed by atoms with Crippen LogP contribution in [0.3, 0.4) is 0 Å². The second kappa shape index (κ2) is 6.40. The van der Waals surface area contributed by atoms with Crippen LogP contribution in [0.4, 0.5) is 5.69 Å². The number of piperazine rings is 1. The van der Waals surface area contributed by atoms with Crippen molar-refractivity contribution in [2.45, 2.75) is 39.3 Å². The number of hydrogen-bond donors (Lipinski definition) is 1. The van der Waals surface area contributed by atoms with Crippen LogP contribution in [-0.2, 0) is 0 Å². The minimum atomic E-state index is 0.173. The molecule has 0 amide bonds. The lowest BCUT2D eigenvalue weighted by atomic mass is 10.0. The molecule has 1 aromatic carbocycles. The molecule has 106 valence electrons. The Hall–Kier alpha value is -1.06. The summed E-state index contributed by atoms with van der Waals surface area (Å²) in [6, 6.07) is 9.63. The molecule has 1 atom stereocenters. The molecule has 2 rings (SSSR count). The van der Waals surface area contributed by atoms with E-state index in [1.807, 2.05) is 0 Å². The van der Waals surface area contributed by atoms with Gasteiger partial charge in [0.2, 0.25) is 0 Å². The summed E-state index contributed by atoms with van der Waals surface area (Å²) in [6.45, 7) is 11.2. The van der Waals surface area contributed by atoms with E-state index in [1.165, 1.54) is 11.3 Å². The summed E-state index contributed by atoms with van der Waals surface area (Å²) in [4.78, 5) is 5.01. The van der Waals surface area contributed by atoms with Crippen molar-refractivity contribution >= 4 is 5.69 Å². The standard InChI is InChI=1S/C16H27N3/c1-4-16(17)14-5-7-15(8-6-14)19-11-9-18(10-12-19)13(2)3/h5-8,13,16H,4,9-12,17H2,1-3H3/t16-/m1/s1. The SMILES string of the molecule is CC[C@@H](N)c1ccc(N2CCN(C(C)C)CC2)cc1. The number of nitrogens with two attached hydrogens (primary N) is 1. The summed E-state index contributed by atoms with van der Waals surface area (Å²) in [5.74, 6) is 0. The fraction of sp³-hybridized carbons (Fsp3) is 0.625. The van der Waals surface area contributed by atoms with Gasteiger partial charge < -0.3 is 10.6 Å². The lowest BCUT2D eigenvalue weighted by molar-refractivity contribution is 0.209. The van der Waals surface area contributed by atoms with Gasteiger partial charge in [0, 0.05) is 44.0 Å². The third kappa shape index (κ3) is 3.48. The molecule has 1 aliphatic heterocycles. The van der Waals surface area contributed by atoms with Gasteiger partial charge >= 0.3 is 0 Å². The molecular formula is C16H27N3. The molecule has 1 heterocycles. The predicted octanol–water partition coefficient (Wildman–Crippen LogP) is 2.63. The van der Waals surface area contributed by atoms with Crippen LogP contribution in [0.2, 0.25) is 0 Å². The molecule has 0 aromatic heterocycles. The first-order valence-electron chi connectivity index (χ1n) is 7.46. The van der Waals surface area contributed by atoms with Gasteiger partial charge in [-0.2, -0.15) is 0 Å². The summed E-state index contributed by atoms with van der Waals surface area (Å²) in [5, 5.41) is 0. The third-order valence-corrected chi connectivity index (χ3v) is 4.17. The predicted molar refractivity (Wildman–Crippen MR) is 82.6 cm³/mol. The Bertz CT molecular complexity index is 377. The Morgan fingerprint density at radius 2 is 1.63 bits per heavy atom. The molecule has 1 aromatic rings. The molecule has 0 aliphatic carbocycles. The average molecular weight is 261 g/mol. The van der Waals surface area contributed by atoms with Crippen LogP contribution in [0.25, 0.3) is 0 Å². The lowest BCUT2D eigenvalue weighted by Crippen LogP contribution is -2.48. The molecule has 3 nitrogen and oxygen atoms in total. The van der Waals surface area contributed by atoms with E-state index in [1.54, 1.807) is 0 Å². The first-order valence-corrected chi connectivity index (χ1v) is 7.46. The molecule has 0 radical (unpaired) electrons. The lowest BCUT2D eigenvalue weighted by Gasteiger charge is -2.38. The van der Waals surface area contributed by atoms with E-state index in [2.05, 4.69) is 54.8 Å². The Labute approximate surface area is 117 Å². The number of rotatable bonds is 4. The van der Waals surface area contributed by atoms with Crippen molar-refractivity contribution in [1.29, 1.82) is 0 Å². The van der Waals surface area contributed by atoms with Gasteiger partial charge in [-0.3, -0.25) is 4.90 Å². The van der Waals surface area contributed by atoms with Gasteiger partial charge in [-0.15, -0.1) is 0 Å². The number of hydrogen-bond acceptors (Lipinski definition) is 3. The van der Waals surface area contributed by atoms with Gasteiger partial charge in [0.15, 0.2) is 0 Å². The first-order chi connectivity index (χ1) is 9.11. The Balaban J connectivity index is 1.96. The summed E-state index contributed by atoms with van der Waals surface area (Å²) in [5.41, 5.74) is 8.63. The molecule has 1 fully saturated rings. The fourth-order valence-electron chi connectivity index (χ4n) is 2.66. The first kappa shape index (κ1) is 14.4. The van der Waals surface area contributed by atoms with Gasteiger partial charge in [-0.25, -0.2) is 0 Å². The minimum Gasteiger partial charge on any atom is -0.369 e. The highest BCUT2D eigenvalue weighted by Gasteiger charge is 2.18. The molecule has 1 aliphatic rings. The number of benzene rings is 1. The molecule has 0 spiro atoms. The monoisotopic (exact) mass is 261 g/mol. The maximum Gasteiger partial charge on any atom is 0.0367 e. The molecule has 0 unspecified atom stereocenters. The van der Waals surface area contributed by atoms with Crippen LogP contribution in [0.15, 0.2) is 24.3 Å². The summed E-state index contributed by atoms with van der Waals surface area (Å²) in [7, 11) is 0. The van der Waals surface area contributed by atoms with Crippen molar-refractivity contribution in [3.05, 3.63) is 29.8 Å². The van der Waals surface area contributed by atoms with Crippen LogP contribution in [0.5, 0.6) is 0 Å². The summed E-state index contributed by atoms with van der Waals surface area (Å²) in [6.07, 6.45) is 0.992. The van der Waals surface area contributed by atoms with Gasteiger partial charge in [-0.05, 0) is 38.0 Å². The van der Waals surface area contributed by atoms with Crippen LogP contribution < -0.4 is 10.6 Å². The Morgan fingerprint density at radius 3 is 2.11 bits per heavy atom. The second-order valence-electron chi connectivity index (χ2n) is 5.72. The smallest absolute Gasteiger partial charge is 0.0367 e. The Kier molecular flexibility index (Phi) is 4.83. The van der Waals surface area contributed by atoms with Gasteiger partial charge in [0.05, 0.1) is 0 Å². The molecule has 1 saturated heterocycles. The van der Waals surface area contributed by atoms with Crippen LogP contribution in [-0.4, -0.2) is 37.1 Å². The average Bonchev–Trinajstić information content (AvgIpc) is 2.46. The summed E-state index contributed by atoms with van der Waals surface area (Å²) < 4.78 is 0. The van der Waals surface area contributed by atoms with E-state index in [-0.39, 0.29) is 6.04 Å². The number of nitrogens with zero attached hydrogens (tertiary/aromatic N) is 2. The number of anilines is 1. The van der Waals surface area contributed by atoms with Gasteiger partial charge in [0.1, 0.15) is 0 Å². The Morgan fingerprint density at radius 1 is 1.05 bits per heavy atom. The third-order valence-electron chi connectivity index (χ3n) is 4.17. The molecule has 0 saturated carbocycles. The highest BCUT2D eigenvalue weighted by atomic mass is 15.3. The minimum absolute atomic E-state index is 0.173. The van der Waals surface area contributed by atoms with E-state index < -0.39 is 0 Å². The molecular weight excluding hydrogens is 234 g/mol. The zero-order valence-electron chi connectivity index (χ0n) is 12.5. The zero-order chi connectivity index (χ0) is 13.8. The van der Waals surface area contributed by atoms with Gasteiger partial charge in [0.25, 0.3) is 0 Å². The van der Waals surface area contributed by atoms with Crippen molar-refractivity contribution in [2.75, 3.05) is 31.1 Å². The quantitative estimate of drug-likeness (QED) is 0.904. The molecule has 2 N–H and O–H groups in total. The van der Waals surface area contributed by atoms with Crippen molar-refractivity contribution in [1.82, 2.24) is 4.90 Å². The van der Waals surface area contributed by atoms with Crippen LogP contribution >= 0.6 is 0 Å². The highest BCUT2D eigenvalue weighted by Crippen LogP contribution is 2.21. The largest absolute Gasteiger partial charge is 0.369 e. The fourth-order valence-corrected chi connectivity index (χ4v) is 2.66. The highest BCUT2D eigenvalue weighted by molar-refractivity contribution is 5.48. The zero-order valence-corrected chi connectivity index (χ0v) is 12.5. The van der Waals surface area contributed by atoms with Crippen molar-refractivity contribution in [3.63, 3.8) is 0 Å². The van der Waals surface area contributed by atoms with E-state index in [0.717, 1.165) is 32.6 Å². The normalized spacial score (nSPS) is 18.9. The van der Waals surface area contributed by atoms with E-state index >= 15 is 0 Å². The van der Waals surface area contributed by atoms with E-state index in [9.17, 15) is 0 Å². The van der Waals surface area contributed by atoms with E-state index in [4.69, 9.17) is 5.73 Å². The van der Waals surface area contributed by atoms with Crippen LogP contribution in [0, 0.1) is 0 Å². The van der Waals surface area contributed by atoms with E-state index in [0.29, 0.717) is 6.04 Å². The van der Waals surface area contributed by atoms with Gasteiger partial charge in [-0.1, -0.05) is 19.1 Å².